The average molecular weight is 288 g/mol. The van der Waals surface area contributed by atoms with Crippen molar-refractivity contribution in [2.24, 2.45) is 0 Å². The molecule has 1 amide bonds. The molecule has 1 aromatic rings. The number of benzene rings is 1. The van der Waals surface area contributed by atoms with E-state index < -0.39 is 5.79 Å². The number of carbonyl (C=O) groups is 1. The molecule has 3 heterocycles. The lowest BCUT2D eigenvalue weighted by molar-refractivity contribution is -0.181. The van der Waals surface area contributed by atoms with Gasteiger partial charge in [0.2, 0.25) is 0 Å². The molecule has 0 aliphatic carbocycles. The maximum atomic E-state index is 12.9. The van der Waals surface area contributed by atoms with E-state index in [1.54, 1.807) is 0 Å². The SMILES string of the molecule is O=C1N(CN2CCCCC2)c2ccccc2C12OCCO2. The second-order valence-electron chi connectivity index (χ2n) is 5.88. The van der Waals surface area contributed by atoms with Crippen molar-refractivity contribution < 1.29 is 14.3 Å². The minimum atomic E-state index is -1.19. The summed E-state index contributed by atoms with van der Waals surface area (Å²) < 4.78 is 11.5. The minimum Gasteiger partial charge on any atom is -0.336 e. The Kier molecular flexibility index (Phi) is 3.21. The van der Waals surface area contributed by atoms with E-state index in [1.807, 2.05) is 29.2 Å². The van der Waals surface area contributed by atoms with Crippen LogP contribution in [0.5, 0.6) is 0 Å². The molecule has 2 saturated heterocycles. The largest absolute Gasteiger partial charge is 0.336 e. The number of carbonyl (C=O) groups excluding carboxylic acids is 1. The Balaban J connectivity index is 1.66. The summed E-state index contributed by atoms with van der Waals surface area (Å²) in [5, 5.41) is 0. The van der Waals surface area contributed by atoms with Crippen molar-refractivity contribution in [3.8, 4) is 0 Å². The van der Waals surface area contributed by atoms with E-state index >= 15 is 0 Å². The van der Waals surface area contributed by atoms with Crippen LogP contribution in [0.15, 0.2) is 24.3 Å². The van der Waals surface area contributed by atoms with Crippen molar-refractivity contribution in [2.45, 2.75) is 25.0 Å². The molecule has 21 heavy (non-hydrogen) atoms. The van der Waals surface area contributed by atoms with Crippen molar-refractivity contribution >= 4 is 11.6 Å². The van der Waals surface area contributed by atoms with Crippen LogP contribution in [0.3, 0.4) is 0 Å². The first-order chi connectivity index (χ1) is 10.3. The number of para-hydroxylation sites is 1. The lowest BCUT2D eigenvalue weighted by Gasteiger charge is -2.31. The summed E-state index contributed by atoms with van der Waals surface area (Å²) >= 11 is 0. The number of fused-ring (bicyclic) bond motifs is 2. The number of likely N-dealkylation sites (tertiary alicyclic amines) is 1. The Hall–Kier alpha value is -1.43. The van der Waals surface area contributed by atoms with Crippen LogP contribution in [0, 0.1) is 0 Å². The first kappa shape index (κ1) is 13.2. The standard InChI is InChI=1S/C16H20N2O3/c19-15-16(20-10-11-21-16)13-6-2-3-7-14(13)18(15)12-17-8-4-1-5-9-17/h2-3,6-7H,1,4-5,8-12H2. The van der Waals surface area contributed by atoms with Gasteiger partial charge in [-0.1, -0.05) is 24.6 Å². The van der Waals surface area contributed by atoms with E-state index in [0.29, 0.717) is 19.9 Å². The number of amides is 1. The van der Waals surface area contributed by atoms with Crippen LogP contribution in [0.25, 0.3) is 0 Å². The molecule has 0 atom stereocenters. The molecular formula is C16H20N2O3. The average Bonchev–Trinajstić information content (AvgIpc) is 3.11. The third-order valence-electron chi connectivity index (χ3n) is 4.56. The summed E-state index contributed by atoms with van der Waals surface area (Å²) in [5.74, 6) is -1.27. The molecule has 3 aliphatic rings. The number of nitrogens with zero attached hydrogens (tertiary/aromatic N) is 2. The lowest BCUT2D eigenvalue weighted by Crippen LogP contribution is -2.47. The zero-order valence-electron chi connectivity index (χ0n) is 12.1. The van der Waals surface area contributed by atoms with E-state index in [-0.39, 0.29) is 5.91 Å². The molecule has 0 saturated carbocycles. The molecule has 0 radical (unpaired) electrons. The minimum absolute atomic E-state index is 0.0771. The van der Waals surface area contributed by atoms with Gasteiger partial charge in [0.1, 0.15) is 0 Å². The highest BCUT2D eigenvalue weighted by Crippen LogP contribution is 2.45. The molecule has 0 unspecified atom stereocenters. The quantitative estimate of drug-likeness (QED) is 0.830. The molecule has 112 valence electrons. The molecule has 5 heteroatoms. The molecular weight excluding hydrogens is 268 g/mol. The van der Waals surface area contributed by atoms with E-state index in [9.17, 15) is 4.79 Å². The predicted molar refractivity (Wildman–Crippen MR) is 77.8 cm³/mol. The van der Waals surface area contributed by atoms with Gasteiger partial charge < -0.3 is 9.47 Å². The fraction of sp³-hybridized carbons (Fsp3) is 0.562. The number of piperidine rings is 1. The predicted octanol–water partition coefficient (Wildman–Crippen LogP) is 1.68. The molecule has 3 aliphatic heterocycles. The van der Waals surface area contributed by atoms with Crippen molar-refractivity contribution in [3.05, 3.63) is 29.8 Å². The molecule has 0 aromatic heterocycles. The van der Waals surface area contributed by atoms with Crippen LogP contribution in [0.4, 0.5) is 5.69 Å². The first-order valence-electron chi connectivity index (χ1n) is 7.73. The molecule has 0 bridgehead atoms. The first-order valence-corrected chi connectivity index (χ1v) is 7.73. The maximum absolute atomic E-state index is 12.9. The zero-order chi connectivity index (χ0) is 14.3. The highest BCUT2D eigenvalue weighted by atomic mass is 16.7. The van der Waals surface area contributed by atoms with Crippen molar-refractivity contribution in [1.82, 2.24) is 4.90 Å². The smallest absolute Gasteiger partial charge is 0.293 e. The van der Waals surface area contributed by atoms with Crippen LogP contribution >= 0.6 is 0 Å². The fourth-order valence-corrected chi connectivity index (χ4v) is 3.52. The number of anilines is 1. The van der Waals surface area contributed by atoms with Crippen LogP contribution < -0.4 is 4.90 Å². The Morgan fingerprint density at radius 1 is 1.05 bits per heavy atom. The van der Waals surface area contributed by atoms with Gasteiger partial charge in [-0.15, -0.1) is 0 Å². The normalized spacial score (nSPS) is 24.8. The molecule has 1 spiro atoms. The van der Waals surface area contributed by atoms with Gasteiger partial charge in [-0.3, -0.25) is 14.6 Å². The maximum Gasteiger partial charge on any atom is 0.293 e. The Bertz CT molecular complexity index is 548. The molecule has 2 fully saturated rings. The number of hydrogen-bond donors (Lipinski definition) is 0. The van der Waals surface area contributed by atoms with Gasteiger partial charge >= 0.3 is 0 Å². The summed E-state index contributed by atoms with van der Waals surface area (Å²) in [7, 11) is 0. The zero-order valence-corrected chi connectivity index (χ0v) is 12.1. The number of hydrogen-bond acceptors (Lipinski definition) is 4. The third kappa shape index (κ3) is 1.99. The Morgan fingerprint density at radius 2 is 1.76 bits per heavy atom. The second-order valence-corrected chi connectivity index (χ2v) is 5.88. The van der Waals surface area contributed by atoms with Crippen molar-refractivity contribution in [2.75, 3.05) is 37.9 Å². The van der Waals surface area contributed by atoms with Gasteiger partial charge in [-0.2, -0.15) is 0 Å². The molecule has 5 nitrogen and oxygen atoms in total. The van der Waals surface area contributed by atoms with Gasteiger partial charge in [0.15, 0.2) is 0 Å². The van der Waals surface area contributed by atoms with Gasteiger partial charge in [0.25, 0.3) is 11.7 Å². The van der Waals surface area contributed by atoms with Gasteiger partial charge in [-0.25, -0.2) is 0 Å². The van der Waals surface area contributed by atoms with Crippen LogP contribution in [0.1, 0.15) is 24.8 Å². The summed E-state index contributed by atoms with van der Waals surface area (Å²) in [4.78, 5) is 17.1. The highest BCUT2D eigenvalue weighted by molar-refractivity contribution is 6.06. The fourth-order valence-electron chi connectivity index (χ4n) is 3.52. The summed E-state index contributed by atoms with van der Waals surface area (Å²) in [6, 6.07) is 7.82. The van der Waals surface area contributed by atoms with Crippen molar-refractivity contribution in [1.29, 1.82) is 0 Å². The van der Waals surface area contributed by atoms with Crippen LogP contribution in [-0.2, 0) is 20.1 Å². The van der Waals surface area contributed by atoms with Gasteiger partial charge in [-0.05, 0) is 32.0 Å². The summed E-state index contributed by atoms with van der Waals surface area (Å²) in [6.45, 7) is 3.68. The third-order valence-corrected chi connectivity index (χ3v) is 4.56. The monoisotopic (exact) mass is 288 g/mol. The van der Waals surface area contributed by atoms with E-state index in [1.165, 1.54) is 19.3 Å². The molecule has 4 rings (SSSR count). The van der Waals surface area contributed by atoms with Gasteiger partial charge in [0, 0.05) is 5.56 Å². The topological polar surface area (TPSA) is 42.0 Å². The summed E-state index contributed by atoms with van der Waals surface area (Å²) in [5.41, 5.74) is 1.78. The molecule has 0 N–H and O–H groups in total. The highest BCUT2D eigenvalue weighted by Gasteiger charge is 2.56. The van der Waals surface area contributed by atoms with E-state index in [2.05, 4.69) is 4.90 Å². The molecule has 1 aromatic carbocycles. The van der Waals surface area contributed by atoms with E-state index in [0.717, 1.165) is 24.3 Å². The second kappa shape index (κ2) is 5.09. The number of rotatable bonds is 2. The van der Waals surface area contributed by atoms with Gasteiger partial charge in [0.05, 0.1) is 25.6 Å². The Labute approximate surface area is 124 Å². The van der Waals surface area contributed by atoms with E-state index in [4.69, 9.17) is 9.47 Å². The number of ether oxygens (including phenoxy) is 2. The Morgan fingerprint density at radius 3 is 2.52 bits per heavy atom. The van der Waals surface area contributed by atoms with Crippen molar-refractivity contribution in [3.63, 3.8) is 0 Å². The summed E-state index contributed by atoms with van der Waals surface area (Å²) in [6.07, 6.45) is 3.71. The lowest BCUT2D eigenvalue weighted by atomic mass is 10.1. The van der Waals surface area contributed by atoms with Crippen LogP contribution in [-0.4, -0.2) is 43.8 Å². The van der Waals surface area contributed by atoms with Crippen LogP contribution in [0.2, 0.25) is 0 Å².